The Morgan fingerprint density at radius 3 is 2.33 bits per heavy atom. The minimum absolute atomic E-state index is 0.306. The molecule has 0 aliphatic carbocycles. The summed E-state index contributed by atoms with van der Waals surface area (Å²) < 4.78 is 41.3. The van der Waals surface area contributed by atoms with Gasteiger partial charge in [-0.3, -0.25) is 4.79 Å². The molecule has 1 heterocycles. The molecule has 0 saturated heterocycles. The summed E-state index contributed by atoms with van der Waals surface area (Å²) in [5.74, 6) is -0.381. The van der Waals surface area contributed by atoms with E-state index in [2.05, 4.69) is 5.32 Å². The van der Waals surface area contributed by atoms with Crippen LogP contribution in [0.3, 0.4) is 0 Å². The lowest BCUT2D eigenvalue weighted by atomic mass is 10.2. The van der Waals surface area contributed by atoms with Gasteiger partial charge in [0.15, 0.2) is 7.05 Å². The topological polar surface area (TPSA) is 37.9 Å². The number of nitrogens with zero attached hydrogens (tertiary/aromatic N) is 2. The minimum atomic E-state index is -4.40. The number of carbonyl (C=O) groups is 1. The molecule has 2 aromatic carbocycles. The summed E-state index contributed by atoms with van der Waals surface area (Å²) in [6.07, 6.45) is -4.40. The van der Waals surface area contributed by atoms with Crippen molar-refractivity contribution in [1.82, 2.24) is 4.68 Å². The number of fused-ring (bicyclic) bond motifs is 1. The first kappa shape index (κ1) is 16.0. The van der Waals surface area contributed by atoms with Crippen molar-refractivity contribution in [3.63, 3.8) is 0 Å². The standard InChI is InChI=1S/C17H14F3N3O/c1-22-14-6-4-3-5-13(14)15(23(22)2)16(24)21-12-9-7-11(8-10-12)17(18,19)20/h3-10H,1-2H3/p+1. The van der Waals surface area contributed by atoms with Crippen LogP contribution in [0.25, 0.3) is 10.9 Å². The first-order valence-electron chi connectivity index (χ1n) is 7.21. The van der Waals surface area contributed by atoms with Crippen LogP contribution in [0.4, 0.5) is 18.9 Å². The highest BCUT2D eigenvalue weighted by atomic mass is 19.4. The first-order chi connectivity index (χ1) is 11.3. The minimum Gasteiger partial charge on any atom is -0.317 e. The molecule has 0 radical (unpaired) electrons. The van der Waals surface area contributed by atoms with E-state index in [1.165, 1.54) is 12.1 Å². The predicted molar refractivity (Wildman–Crippen MR) is 83.5 cm³/mol. The third-order valence-corrected chi connectivity index (χ3v) is 3.97. The maximum atomic E-state index is 12.6. The Bertz CT molecular complexity index is 911. The number of hydrogen-bond acceptors (Lipinski definition) is 1. The van der Waals surface area contributed by atoms with Crippen LogP contribution in [0, 0.1) is 0 Å². The van der Waals surface area contributed by atoms with E-state index >= 15 is 0 Å². The van der Waals surface area contributed by atoms with Crippen LogP contribution in [0.1, 0.15) is 16.1 Å². The van der Waals surface area contributed by atoms with Gasteiger partial charge < -0.3 is 5.32 Å². The Balaban J connectivity index is 1.92. The largest absolute Gasteiger partial charge is 0.416 e. The number of hydrogen-bond donors (Lipinski definition) is 1. The van der Waals surface area contributed by atoms with Gasteiger partial charge in [0, 0.05) is 5.69 Å². The van der Waals surface area contributed by atoms with Gasteiger partial charge in [0.05, 0.1) is 18.0 Å². The number of benzene rings is 2. The van der Waals surface area contributed by atoms with Crippen molar-refractivity contribution in [3.8, 4) is 0 Å². The molecule has 0 bridgehead atoms. The fourth-order valence-electron chi connectivity index (χ4n) is 2.64. The van der Waals surface area contributed by atoms with Gasteiger partial charge >= 0.3 is 17.8 Å². The third-order valence-electron chi connectivity index (χ3n) is 3.97. The van der Waals surface area contributed by atoms with E-state index in [9.17, 15) is 18.0 Å². The van der Waals surface area contributed by atoms with Crippen LogP contribution in [0.15, 0.2) is 48.5 Å². The van der Waals surface area contributed by atoms with E-state index in [-0.39, 0.29) is 5.91 Å². The second-order valence-corrected chi connectivity index (χ2v) is 5.44. The van der Waals surface area contributed by atoms with E-state index in [0.29, 0.717) is 11.4 Å². The maximum Gasteiger partial charge on any atom is 0.416 e. The third kappa shape index (κ3) is 2.73. The van der Waals surface area contributed by atoms with Crippen molar-refractivity contribution in [2.75, 3.05) is 5.32 Å². The molecule has 0 aliphatic heterocycles. The van der Waals surface area contributed by atoms with Crippen molar-refractivity contribution < 1.29 is 22.6 Å². The zero-order valence-electron chi connectivity index (χ0n) is 13.1. The molecule has 0 atom stereocenters. The maximum absolute atomic E-state index is 12.6. The molecule has 4 nitrogen and oxygen atoms in total. The number of rotatable bonds is 2. The number of anilines is 1. The molecular weight excluding hydrogens is 319 g/mol. The molecular formula is C17H15F3N3O+. The molecule has 7 heteroatoms. The van der Waals surface area contributed by atoms with Crippen molar-refractivity contribution in [2.45, 2.75) is 6.18 Å². The summed E-state index contributed by atoms with van der Waals surface area (Å²) in [6, 6.07) is 11.8. The van der Waals surface area contributed by atoms with Crippen molar-refractivity contribution in [2.24, 2.45) is 14.1 Å². The summed E-state index contributed by atoms with van der Waals surface area (Å²) in [7, 11) is 3.58. The van der Waals surface area contributed by atoms with Gasteiger partial charge in [-0.05, 0) is 36.4 Å². The lowest BCUT2D eigenvalue weighted by Gasteiger charge is -2.07. The smallest absolute Gasteiger partial charge is 0.317 e. The monoisotopic (exact) mass is 334 g/mol. The van der Waals surface area contributed by atoms with Crippen LogP contribution < -0.4 is 10.00 Å². The highest BCUT2D eigenvalue weighted by molar-refractivity contribution is 6.09. The molecule has 0 saturated carbocycles. The van der Waals surface area contributed by atoms with Gasteiger partial charge in [-0.1, -0.05) is 12.1 Å². The summed E-state index contributed by atoms with van der Waals surface area (Å²) >= 11 is 0. The van der Waals surface area contributed by atoms with E-state index in [1.54, 1.807) is 11.7 Å². The number of amides is 1. The van der Waals surface area contributed by atoms with Crippen molar-refractivity contribution in [1.29, 1.82) is 0 Å². The van der Waals surface area contributed by atoms with Crippen LogP contribution in [-0.4, -0.2) is 10.6 Å². The quantitative estimate of drug-likeness (QED) is 0.718. The Labute approximate surface area is 136 Å². The molecule has 0 unspecified atom stereocenters. The molecule has 0 fully saturated rings. The summed E-state index contributed by atoms with van der Waals surface area (Å²) in [5, 5.41) is 3.41. The lowest BCUT2D eigenvalue weighted by molar-refractivity contribution is -0.750. The molecule has 3 aromatic rings. The second-order valence-electron chi connectivity index (χ2n) is 5.44. The number of nitrogens with one attached hydrogen (secondary N) is 1. The molecule has 1 aromatic heterocycles. The molecule has 1 amide bonds. The number of halogens is 3. The fourth-order valence-corrected chi connectivity index (χ4v) is 2.64. The first-order valence-corrected chi connectivity index (χ1v) is 7.21. The normalized spacial score (nSPS) is 11.7. The van der Waals surface area contributed by atoms with Gasteiger partial charge in [0.2, 0.25) is 0 Å². The molecule has 124 valence electrons. The average molecular weight is 334 g/mol. The zero-order valence-corrected chi connectivity index (χ0v) is 13.1. The van der Waals surface area contributed by atoms with Gasteiger partial charge in [0.1, 0.15) is 5.52 Å². The Morgan fingerprint density at radius 2 is 1.71 bits per heavy atom. The Morgan fingerprint density at radius 1 is 1.08 bits per heavy atom. The van der Waals surface area contributed by atoms with Crippen LogP contribution >= 0.6 is 0 Å². The van der Waals surface area contributed by atoms with Crippen LogP contribution in [0.5, 0.6) is 0 Å². The summed E-state index contributed by atoms with van der Waals surface area (Å²) in [4.78, 5) is 12.6. The SMILES string of the molecule is Cn1c2ccccc2c(C(=O)Nc2ccc(C(F)(F)F)cc2)[n+]1C. The Hall–Kier alpha value is -2.83. The fraction of sp³-hybridized carbons (Fsp3) is 0.176. The number of alkyl halides is 3. The molecule has 3 rings (SSSR count). The van der Waals surface area contributed by atoms with Gasteiger partial charge in [0.25, 0.3) is 0 Å². The van der Waals surface area contributed by atoms with E-state index in [0.717, 1.165) is 23.0 Å². The molecule has 24 heavy (non-hydrogen) atoms. The average Bonchev–Trinajstić information content (AvgIpc) is 2.79. The second kappa shape index (κ2) is 5.67. The van der Waals surface area contributed by atoms with Gasteiger partial charge in [-0.15, -0.1) is 4.68 Å². The number of aryl methyl sites for hydroxylation is 1. The number of aromatic nitrogens is 2. The van der Waals surface area contributed by atoms with Gasteiger partial charge in [-0.2, -0.15) is 17.9 Å². The van der Waals surface area contributed by atoms with Crippen molar-refractivity contribution >= 4 is 22.5 Å². The predicted octanol–water partition coefficient (Wildman–Crippen LogP) is 3.27. The summed E-state index contributed by atoms with van der Waals surface area (Å²) in [6.45, 7) is 0. The van der Waals surface area contributed by atoms with E-state index in [4.69, 9.17) is 0 Å². The molecule has 0 spiro atoms. The Kier molecular flexibility index (Phi) is 3.79. The van der Waals surface area contributed by atoms with Crippen LogP contribution in [-0.2, 0) is 20.3 Å². The van der Waals surface area contributed by atoms with Crippen molar-refractivity contribution in [3.05, 3.63) is 59.8 Å². The van der Waals surface area contributed by atoms with E-state index in [1.807, 2.05) is 36.0 Å². The molecule has 1 N–H and O–H groups in total. The van der Waals surface area contributed by atoms with E-state index < -0.39 is 11.7 Å². The lowest BCUT2D eigenvalue weighted by Crippen LogP contribution is -2.43. The molecule has 0 aliphatic rings. The highest BCUT2D eigenvalue weighted by Gasteiger charge is 2.30. The number of para-hydroxylation sites is 1. The number of carbonyl (C=O) groups excluding carboxylic acids is 1. The highest BCUT2D eigenvalue weighted by Crippen LogP contribution is 2.30. The summed E-state index contributed by atoms with van der Waals surface area (Å²) in [5.41, 5.74) is 0.878. The van der Waals surface area contributed by atoms with Crippen LogP contribution in [0.2, 0.25) is 0 Å². The van der Waals surface area contributed by atoms with Gasteiger partial charge in [-0.25, -0.2) is 0 Å². The zero-order chi connectivity index (χ0) is 17.5.